The Morgan fingerprint density at radius 2 is 1.76 bits per heavy atom. The van der Waals surface area contributed by atoms with E-state index in [1.165, 1.54) is 4.68 Å². The van der Waals surface area contributed by atoms with Crippen molar-refractivity contribution in [3.63, 3.8) is 0 Å². The smallest absolute Gasteiger partial charge is 0.179 e. The first kappa shape index (κ1) is 22.1. The number of hydrogen-bond acceptors (Lipinski definition) is 3. The Balaban J connectivity index is 0.000000200. The molecule has 2 aromatic carbocycles. The summed E-state index contributed by atoms with van der Waals surface area (Å²) in [6, 6.07) is 19.9. The second-order valence-corrected chi connectivity index (χ2v) is 5.44. The Morgan fingerprint density at radius 1 is 1.00 bits per heavy atom. The van der Waals surface area contributed by atoms with Gasteiger partial charge in [-0.2, -0.15) is 0 Å². The molecule has 0 saturated carbocycles. The van der Waals surface area contributed by atoms with Crippen LogP contribution in [0.25, 0.3) is 16.6 Å². The number of pyridine rings is 1. The zero-order valence-corrected chi connectivity index (χ0v) is 17.3. The van der Waals surface area contributed by atoms with E-state index in [-0.39, 0.29) is 31.7 Å². The van der Waals surface area contributed by atoms with Gasteiger partial charge in [0.2, 0.25) is 0 Å². The SMILES string of the molecule is Fc1c[c-]c(-c2ccccn2)c(F)c1.O=C([N-]c1ccccc1)n1cccn1.[Ir]. The summed E-state index contributed by atoms with van der Waals surface area (Å²) in [5.74, 6) is -1.29. The molecule has 2 heterocycles. The first-order valence-corrected chi connectivity index (χ1v) is 8.22. The zero-order valence-electron chi connectivity index (χ0n) is 14.9. The van der Waals surface area contributed by atoms with Gasteiger partial charge in [0, 0.05) is 44.1 Å². The molecule has 8 heteroatoms. The van der Waals surface area contributed by atoms with Crippen molar-refractivity contribution in [3.8, 4) is 11.3 Å². The van der Waals surface area contributed by atoms with Gasteiger partial charge in [-0.05, 0) is 23.5 Å². The van der Waals surface area contributed by atoms with Gasteiger partial charge in [0.25, 0.3) is 0 Å². The molecule has 1 radical (unpaired) electrons. The molecule has 0 fully saturated rings. The molecule has 0 aliphatic heterocycles. The molecule has 1 amide bonds. The van der Waals surface area contributed by atoms with Crippen molar-refractivity contribution in [2.75, 3.05) is 0 Å². The normalized spacial score (nSPS) is 9.59. The summed E-state index contributed by atoms with van der Waals surface area (Å²) in [6.45, 7) is 0. The van der Waals surface area contributed by atoms with E-state index >= 15 is 0 Å². The second-order valence-electron chi connectivity index (χ2n) is 5.44. The van der Waals surface area contributed by atoms with Crippen LogP contribution >= 0.6 is 0 Å². The molecule has 0 aliphatic carbocycles. The number of hydrogen-bond donors (Lipinski definition) is 0. The van der Waals surface area contributed by atoms with Crippen LogP contribution in [0.4, 0.5) is 19.3 Å². The fourth-order valence-corrected chi connectivity index (χ4v) is 2.20. The molecule has 0 bridgehead atoms. The van der Waals surface area contributed by atoms with Gasteiger partial charge in [-0.3, -0.25) is 18.7 Å². The molecule has 0 atom stereocenters. The molecule has 149 valence electrons. The topological polar surface area (TPSA) is 61.9 Å². The fourth-order valence-electron chi connectivity index (χ4n) is 2.20. The molecule has 0 N–H and O–H groups in total. The monoisotopic (exact) mass is 569 g/mol. The molecule has 2 aromatic heterocycles. The van der Waals surface area contributed by atoms with Gasteiger partial charge in [0.05, 0.1) is 0 Å². The molecular weight excluding hydrogens is 554 g/mol. The van der Waals surface area contributed by atoms with E-state index in [1.54, 1.807) is 55.0 Å². The van der Waals surface area contributed by atoms with Crippen molar-refractivity contribution in [2.45, 2.75) is 0 Å². The Bertz CT molecular complexity index is 1030. The zero-order chi connectivity index (χ0) is 19.8. The van der Waals surface area contributed by atoms with Crippen molar-refractivity contribution in [1.29, 1.82) is 0 Å². The minimum Gasteiger partial charge on any atom is -0.399 e. The molecular formula is C21H14F2IrN4O-2. The summed E-state index contributed by atoms with van der Waals surface area (Å²) >= 11 is 0. The number of benzene rings is 2. The molecule has 4 aromatic rings. The second kappa shape index (κ2) is 10.9. The van der Waals surface area contributed by atoms with Gasteiger partial charge in [-0.1, -0.05) is 60.3 Å². The van der Waals surface area contributed by atoms with Crippen molar-refractivity contribution in [2.24, 2.45) is 0 Å². The molecule has 29 heavy (non-hydrogen) atoms. The molecule has 0 saturated heterocycles. The van der Waals surface area contributed by atoms with Crippen molar-refractivity contribution in [3.05, 3.63) is 108 Å². The van der Waals surface area contributed by atoms with Gasteiger partial charge < -0.3 is 15.0 Å². The Kier molecular flexibility index (Phi) is 8.33. The quantitative estimate of drug-likeness (QED) is 0.305. The number of carbonyl (C=O) groups is 1. The molecule has 0 aliphatic rings. The number of para-hydroxylation sites is 1. The summed E-state index contributed by atoms with van der Waals surface area (Å²) < 4.78 is 27.0. The summed E-state index contributed by atoms with van der Waals surface area (Å²) in [5, 5.41) is 7.65. The molecule has 5 nitrogen and oxygen atoms in total. The van der Waals surface area contributed by atoms with Crippen molar-refractivity contribution >= 4 is 11.7 Å². The number of rotatable bonds is 2. The predicted octanol–water partition coefficient (Wildman–Crippen LogP) is 5.38. The van der Waals surface area contributed by atoms with Crippen LogP contribution in [-0.2, 0) is 20.1 Å². The van der Waals surface area contributed by atoms with Crippen LogP contribution < -0.4 is 0 Å². The number of amides is 1. The predicted molar refractivity (Wildman–Crippen MR) is 101 cm³/mol. The minimum absolute atomic E-state index is 0. The number of aromatic nitrogens is 3. The number of nitrogens with zero attached hydrogens (tertiary/aromatic N) is 4. The first-order chi connectivity index (χ1) is 13.6. The van der Waals surface area contributed by atoms with Crippen LogP contribution in [0, 0.1) is 17.7 Å². The third kappa shape index (κ3) is 6.41. The maximum absolute atomic E-state index is 13.2. The summed E-state index contributed by atoms with van der Waals surface area (Å²) in [5.41, 5.74) is 1.27. The average Bonchev–Trinajstić information content (AvgIpc) is 3.25. The van der Waals surface area contributed by atoms with Crippen LogP contribution in [0.5, 0.6) is 0 Å². The third-order valence-electron chi connectivity index (χ3n) is 3.46. The molecule has 4 rings (SSSR count). The van der Waals surface area contributed by atoms with Crippen LogP contribution in [0.15, 0.2) is 85.3 Å². The van der Waals surface area contributed by atoms with E-state index in [9.17, 15) is 13.6 Å². The molecule has 0 unspecified atom stereocenters. The van der Waals surface area contributed by atoms with E-state index < -0.39 is 11.6 Å². The van der Waals surface area contributed by atoms with Crippen molar-refractivity contribution < 1.29 is 33.7 Å². The maximum Gasteiger partial charge on any atom is 0.179 e. The van der Waals surface area contributed by atoms with E-state index in [0.717, 1.165) is 12.1 Å². The van der Waals surface area contributed by atoms with E-state index in [2.05, 4.69) is 21.5 Å². The summed E-state index contributed by atoms with van der Waals surface area (Å²) in [7, 11) is 0. The Labute approximate surface area is 179 Å². The standard InChI is InChI=1S/C11H6F2N.C10H9N3O.Ir/c12-8-4-5-9(10(13)7-8)11-3-1-2-6-14-11;14-10(13-8-4-7-11-13)12-9-5-2-1-3-6-9;/h1-4,6-7H;1-8H,(H,12,14);/q-1;;/p-1. The van der Waals surface area contributed by atoms with E-state index in [4.69, 9.17) is 0 Å². The van der Waals surface area contributed by atoms with E-state index in [1.807, 2.05) is 18.2 Å². The largest absolute Gasteiger partial charge is 0.399 e. The van der Waals surface area contributed by atoms with E-state index in [0.29, 0.717) is 11.4 Å². The van der Waals surface area contributed by atoms with Gasteiger partial charge in [0.1, 0.15) is 0 Å². The van der Waals surface area contributed by atoms with Gasteiger partial charge >= 0.3 is 0 Å². The first-order valence-electron chi connectivity index (χ1n) is 8.22. The maximum atomic E-state index is 13.2. The van der Waals surface area contributed by atoms with Crippen LogP contribution in [-0.4, -0.2) is 20.8 Å². The van der Waals surface area contributed by atoms with Gasteiger partial charge in [0.15, 0.2) is 6.03 Å². The number of carbonyl (C=O) groups excluding carboxylic acids is 1. The number of halogens is 2. The van der Waals surface area contributed by atoms with Gasteiger partial charge in [-0.15, -0.1) is 12.1 Å². The van der Waals surface area contributed by atoms with Crippen LogP contribution in [0.1, 0.15) is 0 Å². The summed E-state index contributed by atoms with van der Waals surface area (Å²) in [4.78, 5) is 15.4. The average molecular weight is 569 g/mol. The summed E-state index contributed by atoms with van der Waals surface area (Å²) in [6.07, 6.45) is 4.65. The fraction of sp³-hybridized carbons (Fsp3) is 0. The third-order valence-corrected chi connectivity index (χ3v) is 3.46. The van der Waals surface area contributed by atoms with Gasteiger partial charge in [-0.25, -0.2) is 0 Å². The van der Waals surface area contributed by atoms with Crippen LogP contribution in [0.3, 0.4) is 0 Å². The Hall–Kier alpha value is -3.22. The Morgan fingerprint density at radius 3 is 2.38 bits per heavy atom. The van der Waals surface area contributed by atoms with Crippen LogP contribution in [0.2, 0.25) is 0 Å². The minimum atomic E-state index is -0.649. The molecule has 0 spiro atoms. The van der Waals surface area contributed by atoms with Crippen molar-refractivity contribution in [1.82, 2.24) is 14.8 Å².